The van der Waals surface area contributed by atoms with E-state index in [0.29, 0.717) is 37.0 Å². The zero-order valence-corrected chi connectivity index (χ0v) is 23.1. The molecule has 39 heavy (non-hydrogen) atoms. The van der Waals surface area contributed by atoms with Gasteiger partial charge in [-0.15, -0.1) is 0 Å². The summed E-state index contributed by atoms with van der Waals surface area (Å²) in [7, 11) is 0. The van der Waals surface area contributed by atoms with Crippen molar-refractivity contribution in [1.82, 2.24) is 25.1 Å². The van der Waals surface area contributed by atoms with Crippen LogP contribution in [-0.2, 0) is 20.9 Å². The van der Waals surface area contributed by atoms with Crippen LogP contribution in [0.5, 0.6) is 0 Å². The molecular weight excluding hydrogens is 517 g/mol. The molecule has 0 radical (unpaired) electrons. The molecule has 2 N–H and O–H groups in total. The lowest BCUT2D eigenvalue weighted by Crippen LogP contribution is -2.55. The van der Waals surface area contributed by atoms with Gasteiger partial charge in [0.1, 0.15) is 11.9 Å². The van der Waals surface area contributed by atoms with Crippen LogP contribution in [0.4, 0.5) is 4.39 Å². The molecule has 1 aromatic carbocycles. The predicted octanol–water partition coefficient (Wildman–Crippen LogP) is 4.41. The molecule has 1 aliphatic rings. The molecule has 8 nitrogen and oxygen atoms in total. The normalized spacial score (nSPS) is 16.0. The summed E-state index contributed by atoms with van der Waals surface area (Å²) >= 11 is 1.45. The third-order valence-corrected chi connectivity index (χ3v) is 7.00. The van der Waals surface area contributed by atoms with Crippen LogP contribution in [0, 0.1) is 5.82 Å². The lowest BCUT2D eigenvalue weighted by atomic mass is 10.2. The van der Waals surface area contributed by atoms with E-state index >= 15 is 0 Å². The standard InChI is InChI=1S/C29H34FN5O3S/c1-6-24-25(17-20(4)33-21(5)39-27(7-2)22-9-11-23(30)12-10-22)34(19-32-24)14-13-31-29(37)26-18-38-16-15-35(26)28(36)8-3/h6-12,17,19,26,33H,1,3,5,13-16,18H2,2,4H3,(H,31,37)/b20-17+,27-7-. The molecule has 2 amide bonds. The van der Waals surface area contributed by atoms with E-state index < -0.39 is 6.04 Å². The highest BCUT2D eigenvalue weighted by molar-refractivity contribution is 8.11. The summed E-state index contributed by atoms with van der Waals surface area (Å²) in [6, 6.07) is 5.64. The Morgan fingerprint density at radius 3 is 2.69 bits per heavy atom. The Morgan fingerprint density at radius 2 is 2.03 bits per heavy atom. The van der Waals surface area contributed by atoms with Gasteiger partial charge in [0.05, 0.1) is 36.0 Å². The molecule has 10 heteroatoms. The van der Waals surface area contributed by atoms with Crippen molar-refractivity contribution in [2.45, 2.75) is 26.4 Å². The molecule has 1 unspecified atom stereocenters. The van der Waals surface area contributed by atoms with Crippen LogP contribution in [0.25, 0.3) is 17.1 Å². The van der Waals surface area contributed by atoms with Crippen molar-refractivity contribution in [3.05, 3.63) is 96.0 Å². The highest BCUT2D eigenvalue weighted by Crippen LogP contribution is 2.32. The first-order valence-electron chi connectivity index (χ1n) is 12.5. The molecule has 1 saturated heterocycles. The lowest BCUT2D eigenvalue weighted by molar-refractivity contribution is -0.145. The van der Waals surface area contributed by atoms with Gasteiger partial charge in [-0.25, -0.2) is 9.37 Å². The van der Waals surface area contributed by atoms with E-state index in [2.05, 4.69) is 35.4 Å². The maximum Gasteiger partial charge on any atom is 0.246 e. The summed E-state index contributed by atoms with van der Waals surface area (Å²) in [5, 5.41) is 6.88. The highest BCUT2D eigenvalue weighted by atomic mass is 32.2. The van der Waals surface area contributed by atoms with Crippen molar-refractivity contribution in [2.75, 3.05) is 26.3 Å². The van der Waals surface area contributed by atoms with Crippen molar-refractivity contribution in [2.24, 2.45) is 0 Å². The fourth-order valence-corrected chi connectivity index (χ4v) is 4.89. The Bertz CT molecular complexity index is 1280. The first-order valence-corrected chi connectivity index (χ1v) is 13.3. The topological polar surface area (TPSA) is 88.5 Å². The minimum absolute atomic E-state index is 0.147. The van der Waals surface area contributed by atoms with Crippen molar-refractivity contribution < 1.29 is 18.7 Å². The average Bonchev–Trinajstić information content (AvgIpc) is 3.32. The number of ether oxygens (including phenoxy) is 1. The SMILES string of the molecule is C=CC(=O)N1CCOCC1C(=O)NCCn1cnc(C=C)c1/C=C(\C)NC(=C)S/C(=C\C)c1ccc(F)cc1. The first kappa shape index (κ1) is 29.7. The molecule has 0 bridgehead atoms. The van der Waals surface area contributed by atoms with Crippen molar-refractivity contribution in [1.29, 1.82) is 0 Å². The monoisotopic (exact) mass is 551 g/mol. The number of benzene rings is 1. The third-order valence-electron chi connectivity index (χ3n) is 5.96. The summed E-state index contributed by atoms with van der Waals surface area (Å²) in [4.78, 5) is 31.7. The maximum absolute atomic E-state index is 13.3. The number of rotatable bonds is 12. The van der Waals surface area contributed by atoms with E-state index in [1.807, 2.05) is 30.6 Å². The number of carbonyl (C=O) groups is 2. The van der Waals surface area contributed by atoms with Crippen LogP contribution in [0.3, 0.4) is 0 Å². The smallest absolute Gasteiger partial charge is 0.246 e. The van der Waals surface area contributed by atoms with Gasteiger partial charge in [-0.2, -0.15) is 0 Å². The quantitative estimate of drug-likeness (QED) is 0.380. The Hall–Kier alpha value is -3.89. The van der Waals surface area contributed by atoms with E-state index in [1.165, 1.54) is 34.9 Å². The van der Waals surface area contributed by atoms with Crippen LogP contribution in [0.2, 0.25) is 0 Å². The minimum atomic E-state index is -0.693. The Morgan fingerprint density at radius 1 is 1.28 bits per heavy atom. The summed E-state index contributed by atoms with van der Waals surface area (Å²) in [5.41, 5.74) is 3.24. The van der Waals surface area contributed by atoms with Gasteiger partial charge in [0.2, 0.25) is 11.8 Å². The second kappa shape index (κ2) is 14.3. The minimum Gasteiger partial charge on any atom is -0.377 e. The number of carbonyl (C=O) groups excluding carboxylic acids is 2. The van der Waals surface area contributed by atoms with Gasteiger partial charge in [-0.3, -0.25) is 9.59 Å². The summed E-state index contributed by atoms with van der Waals surface area (Å²) in [6.45, 7) is 17.0. The molecule has 0 aliphatic carbocycles. The van der Waals surface area contributed by atoms with E-state index in [9.17, 15) is 14.0 Å². The second-order valence-electron chi connectivity index (χ2n) is 8.67. The Labute approximate surface area is 233 Å². The molecule has 1 atom stereocenters. The van der Waals surface area contributed by atoms with Crippen LogP contribution in [-0.4, -0.2) is 58.6 Å². The van der Waals surface area contributed by atoms with Gasteiger partial charge in [0.25, 0.3) is 0 Å². The van der Waals surface area contributed by atoms with Crippen LogP contribution < -0.4 is 10.6 Å². The largest absolute Gasteiger partial charge is 0.377 e. The maximum atomic E-state index is 13.3. The highest BCUT2D eigenvalue weighted by Gasteiger charge is 2.31. The van der Waals surface area contributed by atoms with E-state index in [0.717, 1.165) is 21.9 Å². The summed E-state index contributed by atoms with van der Waals surface area (Å²) < 4.78 is 20.6. The van der Waals surface area contributed by atoms with Gasteiger partial charge in [0, 0.05) is 30.2 Å². The van der Waals surface area contributed by atoms with Crippen LogP contribution in [0.1, 0.15) is 30.8 Å². The Balaban J connectivity index is 1.62. The number of hydrogen-bond acceptors (Lipinski definition) is 6. The zero-order chi connectivity index (χ0) is 28.4. The molecule has 2 heterocycles. The molecule has 1 aromatic heterocycles. The first-order chi connectivity index (χ1) is 18.8. The summed E-state index contributed by atoms with van der Waals surface area (Å²) in [6.07, 6.45) is 8.45. The fraction of sp³-hybridized carbons (Fsp3) is 0.276. The number of aromatic nitrogens is 2. The molecule has 0 saturated carbocycles. The molecule has 1 fully saturated rings. The number of allylic oxidation sites excluding steroid dienone is 2. The van der Waals surface area contributed by atoms with E-state index in [4.69, 9.17) is 4.74 Å². The van der Waals surface area contributed by atoms with Gasteiger partial charge < -0.3 is 24.8 Å². The molecular formula is C29H34FN5O3S. The third kappa shape index (κ3) is 8.05. The Kier molecular flexibility index (Phi) is 10.9. The van der Waals surface area contributed by atoms with Gasteiger partial charge in [0.15, 0.2) is 0 Å². The predicted molar refractivity (Wildman–Crippen MR) is 155 cm³/mol. The van der Waals surface area contributed by atoms with Crippen molar-refractivity contribution >= 4 is 40.6 Å². The van der Waals surface area contributed by atoms with Crippen molar-refractivity contribution in [3.8, 4) is 0 Å². The molecule has 206 valence electrons. The number of morpholine rings is 1. The van der Waals surface area contributed by atoms with Crippen LogP contribution in [0.15, 0.2) is 73.2 Å². The molecule has 3 rings (SSSR count). The number of nitrogens with zero attached hydrogens (tertiary/aromatic N) is 3. The van der Waals surface area contributed by atoms with Crippen LogP contribution >= 0.6 is 11.8 Å². The molecule has 1 aliphatic heterocycles. The molecule has 2 aromatic rings. The van der Waals surface area contributed by atoms with Gasteiger partial charge >= 0.3 is 0 Å². The zero-order valence-electron chi connectivity index (χ0n) is 22.3. The van der Waals surface area contributed by atoms with Gasteiger partial charge in [-0.05, 0) is 49.8 Å². The number of thioether (sulfide) groups is 1. The number of imidazole rings is 1. The lowest BCUT2D eigenvalue weighted by Gasteiger charge is -2.33. The summed E-state index contributed by atoms with van der Waals surface area (Å²) in [5.74, 6) is -0.854. The molecule has 0 spiro atoms. The van der Waals surface area contributed by atoms with Crippen molar-refractivity contribution in [3.63, 3.8) is 0 Å². The average molecular weight is 552 g/mol. The van der Waals surface area contributed by atoms with Gasteiger partial charge in [-0.1, -0.05) is 49.7 Å². The van der Waals surface area contributed by atoms with E-state index in [1.54, 1.807) is 24.5 Å². The number of nitrogens with one attached hydrogen (secondary N) is 2. The fourth-order valence-electron chi connectivity index (χ4n) is 4.04. The van der Waals surface area contributed by atoms with E-state index in [-0.39, 0.29) is 24.2 Å². The number of amides is 2. The number of halogens is 1. The second-order valence-corrected chi connectivity index (χ2v) is 9.80. The number of hydrogen-bond donors (Lipinski definition) is 2.